The van der Waals surface area contributed by atoms with Gasteiger partial charge in [0.25, 0.3) is 0 Å². The van der Waals surface area contributed by atoms with Crippen LogP contribution in [-0.4, -0.2) is 54.7 Å². The molecule has 1 heterocycles. The molecule has 4 nitrogen and oxygen atoms in total. The van der Waals surface area contributed by atoms with Gasteiger partial charge in [-0.3, -0.25) is 4.90 Å². The van der Waals surface area contributed by atoms with Crippen LogP contribution in [0.15, 0.2) is 0 Å². The van der Waals surface area contributed by atoms with Crippen LogP contribution in [0, 0.1) is 0 Å². The van der Waals surface area contributed by atoms with E-state index >= 15 is 0 Å². The Morgan fingerprint density at radius 3 is 2.53 bits per heavy atom. The van der Waals surface area contributed by atoms with Crippen molar-refractivity contribution in [2.75, 3.05) is 24.6 Å². The molecule has 1 aliphatic carbocycles. The van der Waals surface area contributed by atoms with Gasteiger partial charge in [-0.1, -0.05) is 19.3 Å². The van der Waals surface area contributed by atoms with Crippen LogP contribution in [0.5, 0.6) is 0 Å². The summed E-state index contributed by atoms with van der Waals surface area (Å²) in [4.78, 5) is 2.15. The van der Waals surface area contributed by atoms with Gasteiger partial charge in [-0.2, -0.15) is 0 Å². The first-order chi connectivity index (χ1) is 7.90. The molecule has 2 rings (SSSR count). The molecule has 17 heavy (non-hydrogen) atoms. The van der Waals surface area contributed by atoms with Gasteiger partial charge in [-0.05, 0) is 19.8 Å². The lowest BCUT2D eigenvalue weighted by Crippen LogP contribution is -2.53. The Morgan fingerprint density at radius 1 is 1.29 bits per heavy atom. The van der Waals surface area contributed by atoms with Crippen LogP contribution in [0.3, 0.4) is 0 Å². The SMILES string of the molecule is CC1CS(=O)(=O)CCN1CC1(O)CCCCC1. The van der Waals surface area contributed by atoms with Crippen molar-refractivity contribution in [1.82, 2.24) is 4.90 Å². The fraction of sp³-hybridized carbons (Fsp3) is 1.00. The monoisotopic (exact) mass is 261 g/mol. The van der Waals surface area contributed by atoms with Crippen LogP contribution < -0.4 is 0 Å². The Morgan fingerprint density at radius 2 is 1.94 bits per heavy atom. The minimum atomic E-state index is -2.85. The summed E-state index contributed by atoms with van der Waals surface area (Å²) < 4.78 is 23.0. The van der Waals surface area contributed by atoms with Gasteiger partial charge in [0.1, 0.15) is 0 Å². The molecule has 1 saturated heterocycles. The Labute approximate surface area is 104 Å². The predicted molar refractivity (Wildman–Crippen MR) is 67.7 cm³/mol. The molecular weight excluding hydrogens is 238 g/mol. The standard InChI is InChI=1S/C12H23NO3S/c1-11-9-17(15,16)8-7-13(11)10-12(14)5-3-2-4-6-12/h11,14H,2-10H2,1H3. The van der Waals surface area contributed by atoms with E-state index in [-0.39, 0.29) is 17.5 Å². The fourth-order valence-corrected chi connectivity index (χ4v) is 4.64. The van der Waals surface area contributed by atoms with Gasteiger partial charge in [0, 0.05) is 19.1 Å². The lowest BCUT2D eigenvalue weighted by Gasteiger charge is -2.41. The second-order valence-corrected chi connectivity index (χ2v) is 7.95. The van der Waals surface area contributed by atoms with E-state index in [0.29, 0.717) is 13.1 Å². The molecule has 1 aliphatic heterocycles. The van der Waals surface area contributed by atoms with Crippen molar-refractivity contribution < 1.29 is 13.5 Å². The van der Waals surface area contributed by atoms with E-state index < -0.39 is 15.4 Å². The lowest BCUT2D eigenvalue weighted by molar-refractivity contribution is -0.0321. The summed E-state index contributed by atoms with van der Waals surface area (Å²) in [6, 6.07) is 0.0414. The average Bonchev–Trinajstić information content (AvgIpc) is 2.23. The fourth-order valence-electron chi connectivity index (χ4n) is 3.01. The smallest absolute Gasteiger partial charge is 0.153 e. The zero-order valence-electron chi connectivity index (χ0n) is 10.6. The van der Waals surface area contributed by atoms with Crippen LogP contribution in [0.4, 0.5) is 0 Å². The summed E-state index contributed by atoms with van der Waals surface area (Å²) in [5.41, 5.74) is -0.576. The summed E-state index contributed by atoms with van der Waals surface area (Å²) in [5, 5.41) is 10.5. The topological polar surface area (TPSA) is 57.6 Å². The van der Waals surface area contributed by atoms with Crippen molar-refractivity contribution in [3.05, 3.63) is 0 Å². The van der Waals surface area contributed by atoms with Gasteiger partial charge in [-0.25, -0.2) is 8.42 Å². The summed E-state index contributed by atoms with van der Waals surface area (Å²) in [6.07, 6.45) is 5.13. The van der Waals surface area contributed by atoms with E-state index in [9.17, 15) is 13.5 Å². The lowest BCUT2D eigenvalue weighted by atomic mass is 9.84. The molecule has 0 radical (unpaired) electrons. The number of β-amino-alcohol motifs (C(OH)–C–C–N with tert-alkyl or cyclic N) is 1. The molecule has 0 aromatic rings. The third-order valence-electron chi connectivity index (χ3n) is 4.09. The number of sulfone groups is 1. The highest BCUT2D eigenvalue weighted by molar-refractivity contribution is 7.91. The van der Waals surface area contributed by atoms with Crippen LogP contribution >= 0.6 is 0 Å². The van der Waals surface area contributed by atoms with Gasteiger partial charge in [0.2, 0.25) is 0 Å². The molecule has 1 saturated carbocycles. The molecule has 100 valence electrons. The highest BCUT2D eigenvalue weighted by Gasteiger charge is 2.36. The van der Waals surface area contributed by atoms with Gasteiger partial charge >= 0.3 is 0 Å². The first-order valence-corrected chi connectivity index (χ1v) is 8.39. The normalized spacial score (nSPS) is 33.4. The predicted octanol–water partition coefficient (Wildman–Crippen LogP) is 0.800. The highest BCUT2D eigenvalue weighted by atomic mass is 32.2. The second-order valence-electron chi connectivity index (χ2n) is 5.72. The van der Waals surface area contributed by atoms with Crippen molar-refractivity contribution in [2.24, 2.45) is 0 Å². The van der Waals surface area contributed by atoms with Crippen molar-refractivity contribution in [1.29, 1.82) is 0 Å². The maximum Gasteiger partial charge on any atom is 0.153 e. The number of aliphatic hydroxyl groups is 1. The molecule has 0 aromatic carbocycles. The number of hydrogen-bond acceptors (Lipinski definition) is 4. The van der Waals surface area contributed by atoms with E-state index in [1.165, 1.54) is 6.42 Å². The molecule has 0 aromatic heterocycles. The Bertz CT molecular complexity index is 360. The van der Waals surface area contributed by atoms with E-state index in [4.69, 9.17) is 0 Å². The molecule has 1 unspecified atom stereocenters. The van der Waals surface area contributed by atoms with Crippen molar-refractivity contribution in [3.8, 4) is 0 Å². The summed E-state index contributed by atoms with van der Waals surface area (Å²) in [6.45, 7) is 3.17. The molecule has 0 spiro atoms. The van der Waals surface area contributed by atoms with Crippen LogP contribution in [0.25, 0.3) is 0 Å². The van der Waals surface area contributed by atoms with Crippen LogP contribution in [0.1, 0.15) is 39.0 Å². The molecule has 1 N–H and O–H groups in total. The first kappa shape index (κ1) is 13.3. The number of nitrogens with zero attached hydrogens (tertiary/aromatic N) is 1. The van der Waals surface area contributed by atoms with Crippen molar-refractivity contribution in [2.45, 2.75) is 50.7 Å². The maximum absolute atomic E-state index is 11.5. The molecule has 0 bridgehead atoms. The Kier molecular flexibility index (Phi) is 3.80. The Hall–Kier alpha value is -0.130. The molecular formula is C12H23NO3S. The van der Waals surface area contributed by atoms with E-state index in [0.717, 1.165) is 25.7 Å². The average molecular weight is 261 g/mol. The molecule has 1 atom stereocenters. The third kappa shape index (κ3) is 3.42. The van der Waals surface area contributed by atoms with E-state index in [1.807, 2.05) is 6.92 Å². The zero-order valence-corrected chi connectivity index (χ0v) is 11.4. The minimum absolute atomic E-state index is 0.0414. The first-order valence-electron chi connectivity index (χ1n) is 6.57. The van der Waals surface area contributed by atoms with Crippen molar-refractivity contribution >= 4 is 9.84 Å². The number of rotatable bonds is 2. The van der Waals surface area contributed by atoms with Gasteiger partial charge < -0.3 is 5.11 Å². The molecule has 5 heteroatoms. The second kappa shape index (κ2) is 4.86. The maximum atomic E-state index is 11.5. The molecule has 2 aliphatic rings. The molecule has 0 amide bonds. The van der Waals surface area contributed by atoms with Gasteiger partial charge in [0.05, 0.1) is 17.1 Å². The minimum Gasteiger partial charge on any atom is -0.389 e. The largest absolute Gasteiger partial charge is 0.389 e. The van der Waals surface area contributed by atoms with E-state index in [1.54, 1.807) is 0 Å². The van der Waals surface area contributed by atoms with Gasteiger partial charge in [-0.15, -0.1) is 0 Å². The highest BCUT2D eigenvalue weighted by Crippen LogP contribution is 2.30. The van der Waals surface area contributed by atoms with Gasteiger partial charge in [0.15, 0.2) is 9.84 Å². The third-order valence-corrected chi connectivity index (χ3v) is 5.88. The van der Waals surface area contributed by atoms with Crippen molar-refractivity contribution in [3.63, 3.8) is 0 Å². The molecule has 2 fully saturated rings. The summed E-state index contributed by atoms with van der Waals surface area (Å²) >= 11 is 0. The van der Waals surface area contributed by atoms with E-state index in [2.05, 4.69) is 4.90 Å². The summed E-state index contributed by atoms with van der Waals surface area (Å²) in [7, 11) is -2.85. The van der Waals surface area contributed by atoms with Crippen LogP contribution in [0.2, 0.25) is 0 Å². The zero-order chi connectivity index (χ0) is 12.5. The quantitative estimate of drug-likeness (QED) is 0.799. The van der Waals surface area contributed by atoms with Crippen LogP contribution in [-0.2, 0) is 9.84 Å². The Balaban J connectivity index is 1.95. The number of hydrogen-bond donors (Lipinski definition) is 1. The summed E-state index contributed by atoms with van der Waals surface area (Å²) in [5.74, 6) is 0.483.